The molecule has 0 fully saturated rings. The molecule has 5 heteroatoms. The third kappa shape index (κ3) is 3.36. The minimum absolute atomic E-state index is 0.333. The van der Waals surface area contributed by atoms with Crippen LogP contribution in [0.1, 0.15) is 32.2 Å². The Morgan fingerprint density at radius 3 is 2.86 bits per heavy atom. The molecule has 0 spiro atoms. The summed E-state index contributed by atoms with van der Waals surface area (Å²) in [6, 6.07) is 10.5. The molecule has 0 saturated heterocycles. The number of fused-ring (bicyclic) bond motifs is 1. The first-order chi connectivity index (χ1) is 10.7. The molecule has 0 bridgehead atoms. The number of oxazole rings is 1. The van der Waals surface area contributed by atoms with Crippen molar-refractivity contribution in [3.8, 4) is 0 Å². The standard InChI is InChI=1S/C17H22N4O/c1-13(14(2)21-12-6-11-19-21)18-10-5-9-17-20-15-7-3-4-8-16(15)22-17/h3-4,6-8,11-14,18H,5,9-10H2,1-2H3/t13-,14-/m1/s1. The van der Waals surface area contributed by atoms with Crippen LogP contribution in [0.3, 0.4) is 0 Å². The number of para-hydroxylation sites is 2. The first-order valence-corrected chi connectivity index (χ1v) is 7.81. The highest BCUT2D eigenvalue weighted by Gasteiger charge is 2.13. The second-order valence-corrected chi connectivity index (χ2v) is 5.65. The SMILES string of the molecule is C[C@H]([C@@H](C)NCCCc1nc2ccccc2o1)n1cccn1. The van der Waals surface area contributed by atoms with Crippen LogP contribution in [0.2, 0.25) is 0 Å². The summed E-state index contributed by atoms with van der Waals surface area (Å²) in [6.07, 6.45) is 5.67. The summed E-state index contributed by atoms with van der Waals surface area (Å²) in [5.41, 5.74) is 1.80. The average Bonchev–Trinajstić information content (AvgIpc) is 3.19. The van der Waals surface area contributed by atoms with Crippen molar-refractivity contribution in [2.24, 2.45) is 0 Å². The van der Waals surface area contributed by atoms with Crippen molar-refractivity contribution in [1.82, 2.24) is 20.1 Å². The smallest absolute Gasteiger partial charge is 0.195 e. The Morgan fingerprint density at radius 1 is 1.23 bits per heavy atom. The highest BCUT2D eigenvalue weighted by Crippen LogP contribution is 2.15. The first-order valence-electron chi connectivity index (χ1n) is 7.81. The van der Waals surface area contributed by atoms with Crippen molar-refractivity contribution < 1.29 is 4.42 Å². The number of aromatic nitrogens is 3. The van der Waals surface area contributed by atoms with Crippen LogP contribution in [0.25, 0.3) is 11.1 Å². The Bertz CT molecular complexity index is 671. The average molecular weight is 298 g/mol. The molecule has 116 valence electrons. The van der Waals surface area contributed by atoms with E-state index in [1.165, 1.54) is 0 Å². The van der Waals surface area contributed by atoms with Gasteiger partial charge >= 0.3 is 0 Å². The van der Waals surface area contributed by atoms with Crippen molar-refractivity contribution in [2.75, 3.05) is 6.54 Å². The van der Waals surface area contributed by atoms with E-state index < -0.39 is 0 Å². The minimum Gasteiger partial charge on any atom is -0.441 e. The van der Waals surface area contributed by atoms with Gasteiger partial charge in [0.15, 0.2) is 11.5 Å². The second-order valence-electron chi connectivity index (χ2n) is 5.65. The van der Waals surface area contributed by atoms with Gasteiger partial charge in [-0.3, -0.25) is 4.68 Å². The Hall–Kier alpha value is -2.14. The topological polar surface area (TPSA) is 55.9 Å². The number of hydrogen-bond acceptors (Lipinski definition) is 4. The maximum absolute atomic E-state index is 5.73. The molecule has 2 atom stereocenters. The largest absolute Gasteiger partial charge is 0.441 e. The summed E-state index contributed by atoms with van der Waals surface area (Å²) in [5.74, 6) is 0.816. The number of nitrogens with zero attached hydrogens (tertiary/aromatic N) is 3. The lowest BCUT2D eigenvalue weighted by molar-refractivity contribution is 0.363. The molecule has 2 aromatic heterocycles. The molecule has 0 radical (unpaired) electrons. The van der Waals surface area contributed by atoms with Gasteiger partial charge in [-0.1, -0.05) is 12.1 Å². The molecule has 0 unspecified atom stereocenters. The van der Waals surface area contributed by atoms with E-state index in [4.69, 9.17) is 4.42 Å². The third-order valence-electron chi connectivity index (χ3n) is 4.04. The molecule has 3 rings (SSSR count). The molecule has 2 heterocycles. The fraction of sp³-hybridized carbons (Fsp3) is 0.412. The van der Waals surface area contributed by atoms with Gasteiger partial charge in [0.1, 0.15) is 5.52 Å². The summed E-state index contributed by atoms with van der Waals surface area (Å²) >= 11 is 0. The summed E-state index contributed by atoms with van der Waals surface area (Å²) in [5, 5.41) is 7.83. The molecule has 22 heavy (non-hydrogen) atoms. The van der Waals surface area contributed by atoms with Crippen LogP contribution in [0, 0.1) is 0 Å². The molecule has 1 N–H and O–H groups in total. The van der Waals surface area contributed by atoms with Crippen molar-refractivity contribution in [3.05, 3.63) is 48.6 Å². The van der Waals surface area contributed by atoms with Crippen LogP contribution >= 0.6 is 0 Å². The quantitative estimate of drug-likeness (QED) is 0.681. The van der Waals surface area contributed by atoms with Crippen LogP contribution in [-0.4, -0.2) is 27.4 Å². The van der Waals surface area contributed by atoms with E-state index in [0.717, 1.165) is 36.4 Å². The lowest BCUT2D eigenvalue weighted by Crippen LogP contribution is -2.34. The Morgan fingerprint density at radius 2 is 2.09 bits per heavy atom. The zero-order chi connectivity index (χ0) is 15.4. The van der Waals surface area contributed by atoms with Crippen LogP contribution in [-0.2, 0) is 6.42 Å². The van der Waals surface area contributed by atoms with Gasteiger partial charge in [0, 0.05) is 24.9 Å². The number of nitrogens with one attached hydrogen (secondary N) is 1. The first kappa shape index (κ1) is 14.8. The van der Waals surface area contributed by atoms with Gasteiger partial charge in [0.25, 0.3) is 0 Å². The maximum atomic E-state index is 5.73. The third-order valence-corrected chi connectivity index (χ3v) is 4.04. The van der Waals surface area contributed by atoms with Gasteiger partial charge in [-0.25, -0.2) is 4.98 Å². The molecular weight excluding hydrogens is 276 g/mol. The van der Waals surface area contributed by atoms with Gasteiger partial charge in [-0.2, -0.15) is 5.10 Å². The summed E-state index contributed by atoms with van der Waals surface area (Å²) in [7, 11) is 0. The minimum atomic E-state index is 0.333. The molecular formula is C17H22N4O. The van der Waals surface area contributed by atoms with Crippen molar-refractivity contribution in [1.29, 1.82) is 0 Å². The molecule has 0 aliphatic carbocycles. The van der Waals surface area contributed by atoms with Gasteiger partial charge in [0.2, 0.25) is 0 Å². The van der Waals surface area contributed by atoms with Crippen LogP contribution in [0.4, 0.5) is 0 Å². The zero-order valence-corrected chi connectivity index (χ0v) is 13.1. The van der Waals surface area contributed by atoms with Crippen LogP contribution in [0.5, 0.6) is 0 Å². The lowest BCUT2D eigenvalue weighted by atomic mass is 10.1. The predicted octanol–water partition coefficient (Wildman–Crippen LogP) is 3.20. The van der Waals surface area contributed by atoms with Crippen molar-refractivity contribution in [2.45, 2.75) is 38.8 Å². The number of rotatable bonds is 7. The molecule has 5 nitrogen and oxygen atoms in total. The van der Waals surface area contributed by atoms with Crippen LogP contribution in [0.15, 0.2) is 47.1 Å². The lowest BCUT2D eigenvalue weighted by Gasteiger charge is -2.21. The van der Waals surface area contributed by atoms with Gasteiger partial charge in [-0.05, 0) is 45.0 Å². The second kappa shape index (κ2) is 6.75. The van der Waals surface area contributed by atoms with E-state index in [2.05, 4.69) is 29.2 Å². The molecule has 0 amide bonds. The fourth-order valence-corrected chi connectivity index (χ4v) is 2.52. The zero-order valence-electron chi connectivity index (χ0n) is 13.1. The molecule has 3 aromatic rings. The molecule has 1 aromatic carbocycles. The van der Waals surface area contributed by atoms with Gasteiger partial charge in [-0.15, -0.1) is 0 Å². The Labute approximate surface area is 130 Å². The van der Waals surface area contributed by atoms with Gasteiger partial charge < -0.3 is 9.73 Å². The highest BCUT2D eigenvalue weighted by atomic mass is 16.3. The van der Waals surface area contributed by atoms with E-state index in [1.54, 1.807) is 0 Å². The van der Waals surface area contributed by atoms with E-state index in [-0.39, 0.29) is 0 Å². The molecule has 0 aliphatic rings. The van der Waals surface area contributed by atoms with E-state index in [0.29, 0.717) is 12.1 Å². The summed E-state index contributed by atoms with van der Waals surface area (Å²) in [6.45, 7) is 5.29. The fourth-order valence-electron chi connectivity index (χ4n) is 2.52. The van der Waals surface area contributed by atoms with Crippen LogP contribution < -0.4 is 5.32 Å². The Kier molecular flexibility index (Phi) is 4.53. The monoisotopic (exact) mass is 298 g/mol. The summed E-state index contributed by atoms with van der Waals surface area (Å²) in [4.78, 5) is 4.50. The maximum Gasteiger partial charge on any atom is 0.195 e. The van der Waals surface area contributed by atoms with E-state index in [1.807, 2.05) is 47.4 Å². The summed E-state index contributed by atoms with van der Waals surface area (Å²) < 4.78 is 7.71. The molecule has 0 aliphatic heterocycles. The van der Waals surface area contributed by atoms with Gasteiger partial charge in [0.05, 0.1) is 6.04 Å². The van der Waals surface area contributed by atoms with Crippen molar-refractivity contribution >= 4 is 11.1 Å². The predicted molar refractivity (Wildman–Crippen MR) is 86.7 cm³/mol. The number of aryl methyl sites for hydroxylation is 1. The Balaban J connectivity index is 1.45. The van der Waals surface area contributed by atoms with E-state index >= 15 is 0 Å². The molecule has 0 saturated carbocycles. The highest BCUT2D eigenvalue weighted by molar-refractivity contribution is 5.72. The van der Waals surface area contributed by atoms with Crippen molar-refractivity contribution in [3.63, 3.8) is 0 Å². The number of hydrogen-bond donors (Lipinski definition) is 1. The number of benzene rings is 1. The normalized spacial score (nSPS) is 14.3. The van der Waals surface area contributed by atoms with E-state index in [9.17, 15) is 0 Å².